The Hall–Kier alpha value is -2.34. The van der Waals surface area contributed by atoms with E-state index in [2.05, 4.69) is 45.0 Å². The molecular weight excluding hydrogens is 302 g/mol. The smallest absolute Gasteiger partial charge is 0.191 e. The molecule has 1 aromatic heterocycles. The Balaban J connectivity index is 1.49. The number of hydrogen-bond acceptors (Lipinski definition) is 3. The molecule has 3 rings (SSSR count). The molecule has 0 fully saturated rings. The molecule has 6 nitrogen and oxygen atoms in total. The predicted octanol–water partition coefficient (Wildman–Crippen LogP) is 1.35. The van der Waals surface area contributed by atoms with Gasteiger partial charge in [0.2, 0.25) is 0 Å². The number of aryl methyl sites for hydroxylation is 2. The molecule has 0 saturated heterocycles. The minimum Gasteiger partial charge on any atom is -0.386 e. The van der Waals surface area contributed by atoms with Crippen LogP contribution in [0.4, 0.5) is 0 Å². The average Bonchev–Trinajstić information content (AvgIpc) is 3.21. The number of aromatic nitrogens is 2. The molecule has 1 aliphatic carbocycles. The lowest BCUT2D eigenvalue weighted by molar-refractivity contribution is 0.180. The Kier molecular flexibility index (Phi) is 5.15. The van der Waals surface area contributed by atoms with Crippen LogP contribution in [0.25, 0.3) is 0 Å². The van der Waals surface area contributed by atoms with Gasteiger partial charge in [-0.25, -0.2) is 0 Å². The largest absolute Gasteiger partial charge is 0.386 e. The maximum Gasteiger partial charge on any atom is 0.191 e. The van der Waals surface area contributed by atoms with Crippen LogP contribution in [0.1, 0.15) is 35.1 Å². The molecule has 128 valence electrons. The van der Waals surface area contributed by atoms with Crippen LogP contribution in [0.15, 0.2) is 41.7 Å². The van der Waals surface area contributed by atoms with Crippen LogP contribution in [0.5, 0.6) is 0 Å². The van der Waals surface area contributed by atoms with Crippen LogP contribution in [-0.2, 0) is 13.5 Å². The summed E-state index contributed by atoms with van der Waals surface area (Å²) in [5, 5.41) is 20.8. The second-order valence-corrected chi connectivity index (χ2v) is 6.23. The first-order chi connectivity index (χ1) is 11.7. The van der Waals surface area contributed by atoms with Crippen LogP contribution < -0.4 is 10.6 Å². The highest BCUT2D eigenvalue weighted by atomic mass is 16.3. The van der Waals surface area contributed by atoms with Crippen molar-refractivity contribution in [1.82, 2.24) is 20.4 Å². The number of rotatable bonds is 5. The number of fused-ring (bicyclic) bond motifs is 1. The molecule has 24 heavy (non-hydrogen) atoms. The van der Waals surface area contributed by atoms with Gasteiger partial charge in [-0.05, 0) is 24.0 Å². The third-order valence-corrected chi connectivity index (χ3v) is 4.57. The first-order valence-electron chi connectivity index (χ1n) is 8.36. The Morgan fingerprint density at radius 1 is 1.42 bits per heavy atom. The molecule has 0 amide bonds. The van der Waals surface area contributed by atoms with Crippen molar-refractivity contribution in [1.29, 1.82) is 0 Å². The number of hydrogen-bond donors (Lipinski definition) is 3. The second kappa shape index (κ2) is 7.49. The van der Waals surface area contributed by atoms with Crippen molar-refractivity contribution in [3.8, 4) is 0 Å². The lowest BCUT2D eigenvalue weighted by Gasteiger charge is -2.17. The molecule has 1 heterocycles. The van der Waals surface area contributed by atoms with E-state index in [0.29, 0.717) is 18.4 Å². The number of aliphatic imine (C=N–C) groups is 1. The molecule has 1 aromatic carbocycles. The SMILES string of the molecule is CN=C(NCC(O)c1cnn(C)c1)NCC1CCc2ccccc21. The number of aliphatic hydroxyl groups excluding tert-OH is 1. The fourth-order valence-electron chi connectivity index (χ4n) is 3.22. The molecule has 1 aliphatic rings. The van der Waals surface area contributed by atoms with E-state index in [9.17, 15) is 5.11 Å². The summed E-state index contributed by atoms with van der Waals surface area (Å²) >= 11 is 0. The summed E-state index contributed by atoms with van der Waals surface area (Å²) in [4.78, 5) is 4.24. The van der Waals surface area contributed by atoms with Crippen LogP contribution >= 0.6 is 0 Å². The van der Waals surface area contributed by atoms with Gasteiger partial charge < -0.3 is 15.7 Å². The number of guanidine groups is 1. The normalized spacial score (nSPS) is 18.3. The molecule has 0 radical (unpaired) electrons. The van der Waals surface area contributed by atoms with E-state index in [1.54, 1.807) is 17.9 Å². The monoisotopic (exact) mass is 327 g/mol. The summed E-state index contributed by atoms with van der Waals surface area (Å²) in [6, 6.07) is 8.65. The molecule has 6 heteroatoms. The van der Waals surface area contributed by atoms with Gasteiger partial charge in [0.1, 0.15) is 0 Å². The van der Waals surface area contributed by atoms with Gasteiger partial charge in [0.05, 0.1) is 12.3 Å². The molecule has 0 spiro atoms. The Labute approximate surface area is 142 Å². The van der Waals surface area contributed by atoms with E-state index in [-0.39, 0.29) is 0 Å². The third-order valence-electron chi connectivity index (χ3n) is 4.57. The van der Waals surface area contributed by atoms with Crippen LogP contribution in [0.2, 0.25) is 0 Å². The molecule has 0 saturated carbocycles. The van der Waals surface area contributed by atoms with Gasteiger partial charge in [0.25, 0.3) is 0 Å². The van der Waals surface area contributed by atoms with Gasteiger partial charge in [-0.2, -0.15) is 5.10 Å². The Bertz CT molecular complexity index is 709. The Morgan fingerprint density at radius 3 is 3.00 bits per heavy atom. The lowest BCUT2D eigenvalue weighted by Crippen LogP contribution is -2.40. The summed E-state index contributed by atoms with van der Waals surface area (Å²) in [6.45, 7) is 1.24. The first kappa shape index (κ1) is 16.5. The highest BCUT2D eigenvalue weighted by Crippen LogP contribution is 2.32. The van der Waals surface area contributed by atoms with Gasteiger partial charge in [-0.15, -0.1) is 0 Å². The fourth-order valence-corrected chi connectivity index (χ4v) is 3.22. The van der Waals surface area contributed by atoms with Crippen LogP contribution in [-0.4, -0.2) is 41.0 Å². The van der Waals surface area contributed by atoms with Crippen LogP contribution in [0.3, 0.4) is 0 Å². The molecule has 3 N–H and O–H groups in total. The van der Waals surface area contributed by atoms with Crippen molar-refractivity contribution in [2.24, 2.45) is 12.0 Å². The fraction of sp³-hybridized carbons (Fsp3) is 0.444. The summed E-state index contributed by atoms with van der Waals surface area (Å²) in [5.74, 6) is 1.23. The minimum absolute atomic E-state index is 0.395. The van der Waals surface area contributed by atoms with E-state index in [1.807, 2.05) is 13.2 Å². The predicted molar refractivity (Wildman–Crippen MR) is 95.0 cm³/mol. The average molecular weight is 327 g/mol. The van der Waals surface area contributed by atoms with Crippen molar-refractivity contribution in [2.45, 2.75) is 24.9 Å². The summed E-state index contributed by atoms with van der Waals surface area (Å²) in [7, 11) is 3.58. The summed E-state index contributed by atoms with van der Waals surface area (Å²) < 4.78 is 1.68. The first-order valence-corrected chi connectivity index (χ1v) is 8.36. The second-order valence-electron chi connectivity index (χ2n) is 6.23. The molecule has 2 aromatic rings. The Morgan fingerprint density at radius 2 is 2.25 bits per heavy atom. The zero-order chi connectivity index (χ0) is 16.9. The zero-order valence-electron chi connectivity index (χ0n) is 14.2. The van der Waals surface area contributed by atoms with E-state index in [0.717, 1.165) is 18.5 Å². The van der Waals surface area contributed by atoms with Crippen molar-refractivity contribution in [3.63, 3.8) is 0 Å². The minimum atomic E-state index is -0.607. The molecule has 0 aliphatic heterocycles. The van der Waals surface area contributed by atoms with E-state index in [4.69, 9.17) is 0 Å². The highest BCUT2D eigenvalue weighted by molar-refractivity contribution is 5.79. The number of nitrogens with zero attached hydrogens (tertiary/aromatic N) is 3. The summed E-state index contributed by atoms with van der Waals surface area (Å²) in [6.07, 6.45) is 5.20. The van der Waals surface area contributed by atoms with Gasteiger partial charge in [-0.1, -0.05) is 24.3 Å². The van der Waals surface area contributed by atoms with E-state index >= 15 is 0 Å². The van der Waals surface area contributed by atoms with Crippen LogP contribution in [0, 0.1) is 0 Å². The number of aliphatic hydroxyl groups is 1. The van der Waals surface area contributed by atoms with Gasteiger partial charge in [0, 0.05) is 44.9 Å². The lowest BCUT2D eigenvalue weighted by atomic mass is 10.0. The standard InChI is InChI=1S/C18H25N5O/c1-19-18(21-11-17(24)15-10-22-23(2)12-15)20-9-14-8-7-13-5-3-4-6-16(13)14/h3-6,10,12,14,17,24H,7-9,11H2,1-2H3,(H2,19,20,21). The van der Waals surface area contributed by atoms with Crippen molar-refractivity contribution >= 4 is 5.96 Å². The number of benzene rings is 1. The topological polar surface area (TPSA) is 74.5 Å². The zero-order valence-corrected chi connectivity index (χ0v) is 14.2. The maximum atomic E-state index is 10.2. The van der Waals surface area contributed by atoms with E-state index < -0.39 is 6.10 Å². The van der Waals surface area contributed by atoms with Gasteiger partial charge in [-0.3, -0.25) is 9.67 Å². The van der Waals surface area contributed by atoms with E-state index in [1.165, 1.54) is 17.5 Å². The molecule has 0 bridgehead atoms. The quantitative estimate of drug-likeness (QED) is 0.572. The molecule has 2 unspecified atom stereocenters. The maximum absolute atomic E-state index is 10.2. The molecular formula is C18H25N5O. The van der Waals surface area contributed by atoms with Crippen molar-refractivity contribution < 1.29 is 5.11 Å². The van der Waals surface area contributed by atoms with Gasteiger partial charge >= 0.3 is 0 Å². The van der Waals surface area contributed by atoms with Gasteiger partial charge in [0.15, 0.2) is 5.96 Å². The van der Waals surface area contributed by atoms with Crippen molar-refractivity contribution in [3.05, 3.63) is 53.3 Å². The third kappa shape index (κ3) is 3.76. The number of nitrogens with one attached hydrogen (secondary N) is 2. The summed E-state index contributed by atoms with van der Waals surface area (Å²) in [5.41, 5.74) is 3.69. The molecule has 2 atom stereocenters. The van der Waals surface area contributed by atoms with Crippen molar-refractivity contribution in [2.75, 3.05) is 20.1 Å². The highest BCUT2D eigenvalue weighted by Gasteiger charge is 2.21.